The Balaban J connectivity index is 3.07. The molecule has 0 fully saturated rings. The van der Waals surface area contributed by atoms with Gasteiger partial charge >= 0.3 is 0 Å². The predicted octanol–water partition coefficient (Wildman–Crippen LogP) is 1.71. The Kier molecular flexibility index (Phi) is 3.96. The maximum Gasteiger partial charge on any atom is 0.258 e. The van der Waals surface area contributed by atoms with Gasteiger partial charge in [-0.2, -0.15) is 0 Å². The standard InChI is InChI=1S/C13H15NO2/c1-5-8-14(3)13(15)11-9-10(2)6-7-12(11)16-4/h1,6-7,9H,8H2,2-4H3. The quantitative estimate of drug-likeness (QED) is 0.721. The lowest BCUT2D eigenvalue weighted by Gasteiger charge is -2.16. The molecule has 0 heterocycles. The Morgan fingerprint density at radius 2 is 2.25 bits per heavy atom. The number of carbonyl (C=O) groups is 1. The first kappa shape index (κ1) is 12.1. The van der Waals surface area contributed by atoms with Crippen molar-refractivity contribution in [3.63, 3.8) is 0 Å². The number of nitrogens with zero attached hydrogens (tertiary/aromatic N) is 1. The predicted molar refractivity (Wildman–Crippen MR) is 63.5 cm³/mol. The third-order valence-electron chi connectivity index (χ3n) is 2.26. The van der Waals surface area contributed by atoms with Crippen LogP contribution in [0.15, 0.2) is 18.2 Å². The maximum atomic E-state index is 12.0. The second-order valence-corrected chi connectivity index (χ2v) is 3.57. The van der Waals surface area contributed by atoms with Crippen LogP contribution in [-0.2, 0) is 0 Å². The summed E-state index contributed by atoms with van der Waals surface area (Å²) in [6.07, 6.45) is 5.17. The van der Waals surface area contributed by atoms with Crippen LogP contribution in [0.2, 0.25) is 0 Å². The number of hydrogen-bond donors (Lipinski definition) is 0. The van der Waals surface area contributed by atoms with Gasteiger partial charge in [0.2, 0.25) is 0 Å². The minimum Gasteiger partial charge on any atom is -0.496 e. The third-order valence-corrected chi connectivity index (χ3v) is 2.26. The Morgan fingerprint density at radius 3 is 2.81 bits per heavy atom. The molecule has 0 saturated carbocycles. The van der Waals surface area contributed by atoms with Gasteiger partial charge in [-0.1, -0.05) is 17.6 Å². The SMILES string of the molecule is C#CCN(C)C(=O)c1cc(C)ccc1OC. The molecule has 0 aliphatic carbocycles. The summed E-state index contributed by atoms with van der Waals surface area (Å²) in [4.78, 5) is 13.5. The summed E-state index contributed by atoms with van der Waals surface area (Å²) >= 11 is 0. The van der Waals surface area contributed by atoms with Crippen molar-refractivity contribution >= 4 is 5.91 Å². The molecule has 0 N–H and O–H groups in total. The number of terminal acetylenes is 1. The summed E-state index contributed by atoms with van der Waals surface area (Å²) in [5.74, 6) is 2.88. The zero-order valence-corrected chi connectivity index (χ0v) is 9.78. The molecule has 1 rings (SSSR count). The van der Waals surface area contributed by atoms with Crippen LogP contribution in [0.5, 0.6) is 5.75 Å². The molecule has 0 bridgehead atoms. The van der Waals surface area contributed by atoms with E-state index in [0.29, 0.717) is 11.3 Å². The molecule has 0 spiro atoms. The van der Waals surface area contributed by atoms with Crippen LogP contribution >= 0.6 is 0 Å². The summed E-state index contributed by atoms with van der Waals surface area (Å²) < 4.78 is 5.15. The molecule has 1 aromatic carbocycles. The topological polar surface area (TPSA) is 29.5 Å². The number of ether oxygens (including phenoxy) is 1. The minimum atomic E-state index is -0.126. The fraction of sp³-hybridized carbons (Fsp3) is 0.308. The Hall–Kier alpha value is -1.95. The normalized spacial score (nSPS) is 9.38. The summed E-state index contributed by atoms with van der Waals surface area (Å²) in [7, 11) is 3.21. The molecule has 0 unspecified atom stereocenters. The molecular formula is C13H15NO2. The van der Waals surface area contributed by atoms with Crippen molar-refractivity contribution in [3.05, 3.63) is 29.3 Å². The largest absolute Gasteiger partial charge is 0.496 e. The highest BCUT2D eigenvalue weighted by atomic mass is 16.5. The lowest BCUT2D eigenvalue weighted by atomic mass is 10.1. The molecule has 0 aliphatic heterocycles. The first-order chi connectivity index (χ1) is 7.60. The van der Waals surface area contributed by atoms with Crippen molar-refractivity contribution in [1.82, 2.24) is 4.90 Å². The number of rotatable bonds is 3. The van der Waals surface area contributed by atoms with Crippen LogP contribution in [0.3, 0.4) is 0 Å². The highest BCUT2D eigenvalue weighted by molar-refractivity contribution is 5.97. The first-order valence-corrected chi connectivity index (χ1v) is 4.93. The van der Waals surface area contributed by atoms with Crippen LogP contribution in [0.4, 0.5) is 0 Å². The van der Waals surface area contributed by atoms with Crippen molar-refractivity contribution in [2.75, 3.05) is 20.7 Å². The molecule has 0 saturated heterocycles. The molecule has 16 heavy (non-hydrogen) atoms. The van der Waals surface area contributed by atoms with Crippen LogP contribution in [0.25, 0.3) is 0 Å². The van der Waals surface area contributed by atoms with E-state index in [1.807, 2.05) is 13.0 Å². The van der Waals surface area contributed by atoms with Gasteiger partial charge in [0.1, 0.15) is 5.75 Å². The molecule has 84 valence electrons. The van der Waals surface area contributed by atoms with E-state index in [4.69, 9.17) is 11.2 Å². The van der Waals surface area contributed by atoms with Crippen LogP contribution in [0, 0.1) is 19.3 Å². The van der Waals surface area contributed by atoms with Crippen LogP contribution < -0.4 is 4.74 Å². The average molecular weight is 217 g/mol. The highest BCUT2D eigenvalue weighted by Crippen LogP contribution is 2.20. The van der Waals surface area contributed by atoms with E-state index in [-0.39, 0.29) is 12.5 Å². The number of benzene rings is 1. The molecular weight excluding hydrogens is 202 g/mol. The second-order valence-electron chi connectivity index (χ2n) is 3.57. The van der Waals surface area contributed by atoms with Crippen molar-refractivity contribution < 1.29 is 9.53 Å². The van der Waals surface area contributed by atoms with Gasteiger partial charge in [0.25, 0.3) is 5.91 Å². The van der Waals surface area contributed by atoms with Gasteiger partial charge in [-0.15, -0.1) is 6.42 Å². The average Bonchev–Trinajstić information content (AvgIpc) is 2.28. The van der Waals surface area contributed by atoms with Crippen molar-refractivity contribution in [3.8, 4) is 18.1 Å². The van der Waals surface area contributed by atoms with Crippen LogP contribution in [0.1, 0.15) is 15.9 Å². The lowest BCUT2D eigenvalue weighted by Crippen LogP contribution is -2.27. The Morgan fingerprint density at radius 1 is 1.56 bits per heavy atom. The van der Waals surface area contributed by atoms with Gasteiger partial charge in [0, 0.05) is 7.05 Å². The fourth-order valence-corrected chi connectivity index (χ4v) is 1.40. The molecule has 3 heteroatoms. The molecule has 0 aliphatic rings. The smallest absolute Gasteiger partial charge is 0.258 e. The number of hydrogen-bond acceptors (Lipinski definition) is 2. The van der Waals surface area contributed by atoms with Gasteiger partial charge in [-0.25, -0.2) is 0 Å². The summed E-state index contributed by atoms with van der Waals surface area (Å²) in [5.41, 5.74) is 1.55. The van der Waals surface area contributed by atoms with E-state index in [1.165, 1.54) is 4.90 Å². The minimum absolute atomic E-state index is 0.126. The van der Waals surface area contributed by atoms with Crippen molar-refractivity contribution in [1.29, 1.82) is 0 Å². The number of methoxy groups -OCH3 is 1. The van der Waals surface area contributed by atoms with Gasteiger partial charge in [-0.05, 0) is 19.1 Å². The third kappa shape index (κ3) is 2.54. The molecule has 0 aromatic heterocycles. The maximum absolute atomic E-state index is 12.0. The van der Waals surface area contributed by atoms with Gasteiger partial charge in [0.15, 0.2) is 0 Å². The second kappa shape index (κ2) is 5.22. The van der Waals surface area contributed by atoms with E-state index in [1.54, 1.807) is 26.3 Å². The number of aryl methyl sites for hydroxylation is 1. The van der Waals surface area contributed by atoms with Crippen molar-refractivity contribution in [2.24, 2.45) is 0 Å². The molecule has 3 nitrogen and oxygen atoms in total. The first-order valence-electron chi connectivity index (χ1n) is 4.93. The van der Waals surface area contributed by atoms with Crippen LogP contribution in [-0.4, -0.2) is 31.5 Å². The van der Waals surface area contributed by atoms with Gasteiger partial charge < -0.3 is 9.64 Å². The Labute approximate surface area is 96.0 Å². The zero-order valence-electron chi connectivity index (χ0n) is 9.78. The lowest BCUT2D eigenvalue weighted by molar-refractivity contribution is 0.0809. The summed E-state index contributed by atoms with van der Waals surface area (Å²) in [6, 6.07) is 5.48. The molecule has 0 radical (unpaired) electrons. The molecule has 1 amide bonds. The van der Waals surface area contributed by atoms with Gasteiger partial charge in [0.05, 0.1) is 19.2 Å². The van der Waals surface area contributed by atoms with Gasteiger partial charge in [-0.3, -0.25) is 4.79 Å². The number of carbonyl (C=O) groups excluding carboxylic acids is 1. The molecule has 0 atom stereocenters. The van der Waals surface area contributed by atoms with E-state index in [0.717, 1.165) is 5.56 Å². The van der Waals surface area contributed by atoms with E-state index in [2.05, 4.69) is 5.92 Å². The molecule has 1 aromatic rings. The summed E-state index contributed by atoms with van der Waals surface area (Å²) in [6.45, 7) is 2.22. The Bertz CT molecular complexity index is 432. The van der Waals surface area contributed by atoms with E-state index >= 15 is 0 Å². The monoisotopic (exact) mass is 217 g/mol. The number of amides is 1. The van der Waals surface area contributed by atoms with E-state index < -0.39 is 0 Å². The van der Waals surface area contributed by atoms with E-state index in [9.17, 15) is 4.79 Å². The zero-order chi connectivity index (χ0) is 12.1. The highest BCUT2D eigenvalue weighted by Gasteiger charge is 2.15. The summed E-state index contributed by atoms with van der Waals surface area (Å²) in [5, 5.41) is 0. The van der Waals surface area contributed by atoms with Crippen molar-refractivity contribution in [2.45, 2.75) is 6.92 Å². The fourth-order valence-electron chi connectivity index (χ4n) is 1.40.